The van der Waals surface area contributed by atoms with Gasteiger partial charge in [0.25, 0.3) is 5.91 Å². The largest absolute Gasteiger partial charge is 0.369 e. The van der Waals surface area contributed by atoms with E-state index in [-0.39, 0.29) is 17.6 Å². The van der Waals surface area contributed by atoms with Crippen LogP contribution in [-0.4, -0.2) is 56.5 Å². The molecule has 2 amide bonds. The number of anilines is 2. The van der Waals surface area contributed by atoms with Crippen LogP contribution in [0.4, 0.5) is 15.8 Å². The lowest BCUT2D eigenvalue weighted by Crippen LogP contribution is -2.48. The van der Waals surface area contributed by atoms with Crippen molar-refractivity contribution in [3.8, 4) is 0 Å². The van der Waals surface area contributed by atoms with Crippen molar-refractivity contribution < 1.29 is 14.0 Å². The summed E-state index contributed by atoms with van der Waals surface area (Å²) in [6.07, 6.45) is 0. The van der Waals surface area contributed by atoms with Crippen LogP contribution in [0.15, 0.2) is 48.5 Å². The van der Waals surface area contributed by atoms with Crippen molar-refractivity contribution in [1.82, 2.24) is 10.2 Å². The molecular weight excluding hydrogens is 347 g/mol. The van der Waals surface area contributed by atoms with Gasteiger partial charge in [-0.2, -0.15) is 0 Å². The van der Waals surface area contributed by atoms with E-state index in [1.54, 1.807) is 43.4 Å². The highest BCUT2D eigenvalue weighted by atomic mass is 19.1. The quantitative estimate of drug-likeness (QED) is 0.844. The summed E-state index contributed by atoms with van der Waals surface area (Å²) in [7, 11) is 1.58. The summed E-state index contributed by atoms with van der Waals surface area (Å²) in [5, 5.41) is 5.41. The predicted molar refractivity (Wildman–Crippen MR) is 104 cm³/mol. The van der Waals surface area contributed by atoms with E-state index in [4.69, 9.17) is 0 Å². The van der Waals surface area contributed by atoms with Crippen LogP contribution >= 0.6 is 0 Å². The highest BCUT2D eigenvalue weighted by Crippen LogP contribution is 2.17. The van der Waals surface area contributed by atoms with Gasteiger partial charge in [0.1, 0.15) is 5.82 Å². The molecule has 27 heavy (non-hydrogen) atoms. The van der Waals surface area contributed by atoms with Gasteiger partial charge in [-0.05, 0) is 48.5 Å². The first-order valence-corrected chi connectivity index (χ1v) is 8.90. The van der Waals surface area contributed by atoms with E-state index >= 15 is 0 Å². The maximum atomic E-state index is 13.0. The number of piperazine rings is 1. The summed E-state index contributed by atoms with van der Waals surface area (Å²) in [5.41, 5.74) is 2.21. The van der Waals surface area contributed by atoms with E-state index in [0.29, 0.717) is 17.8 Å². The number of nitrogens with one attached hydrogen (secondary N) is 2. The first-order valence-electron chi connectivity index (χ1n) is 8.90. The second-order valence-corrected chi connectivity index (χ2v) is 6.44. The molecule has 1 fully saturated rings. The number of carbonyl (C=O) groups excluding carboxylic acids is 2. The van der Waals surface area contributed by atoms with Crippen molar-refractivity contribution in [2.75, 3.05) is 50.0 Å². The molecule has 0 unspecified atom stereocenters. The van der Waals surface area contributed by atoms with Crippen molar-refractivity contribution >= 4 is 23.2 Å². The van der Waals surface area contributed by atoms with E-state index in [1.165, 1.54) is 12.1 Å². The van der Waals surface area contributed by atoms with E-state index < -0.39 is 0 Å². The number of nitrogens with zero attached hydrogens (tertiary/aromatic N) is 2. The Bertz CT molecular complexity index is 785. The number of rotatable bonds is 5. The summed E-state index contributed by atoms with van der Waals surface area (Å²) in [6.45, 7) is 3.43. The molecule has 0 saturated carbocycles. The van der Waals surface area contributed by atoms with Crippen molar-refractivity contribution in [2.24, 2.45) is 0 Å². The van der Waals surface area contributed by atoms with Crippen LogP contribution in [0.25, 0.3) is 0 Å². The minimum atomic E-state index is -0.239. The molecule has 1 aliphatic rings. The predicted octanol–water partition coefficient (Wildman–Crippen LogP) is 1.95. The molecular formula is C20H23FN4O2. The number of halogens is 1. The third kappa shape index (κ3) is 5.04. The van der Waals surface area contributed by atoms with Gasteiger partial charge in [-0.1, -0.05) is 0 Å². The SMILES string of the molecule is CNC(=O)c1ccc(NC(=O)CN2CCN(c3ccc(F)cc3)CC2)cc1. The van der Waals surface area contributed by atoms with E-state index in [0.717, 1.165) is 31.9 Å². The molecule has 0 spiro atoms. The first kappa shape index (κ1) is 18.8. The zero-order chi connectivity index (χ0) is 19.2. The third-order valence-corrected chi connectivity index (χ3v) is 4.59. The molecule has 3 rings (SSSR count). The summed E-state index contributed by atoms with van der Waals surface area (Å²) in [5.74, 6) is -0.484. The summed E-state index contributed by atoms with van der Waals surface area (Å²) in [6, 6.07) is 13.3. The number of hydrogen-bond acceptors (Lipinski definition) is 4. The minimum absolute atomic E-state index is 0.0853. The number of benzene rings is 2. The van der Waals surface area contributed by atoms with Crippen LogP contribution < -0.4 is 15.5 Å². The molecule has 2 aromatic rings. The first-order chi connectivity index (χ1) is 13.0. The molecule has 2 N–H and O–H groups in total. The van der Waals surface area contributed by atoms with Crippen LogP contribution in [-0.2, 0) is 4.79 Å². The molecule has 1 aliphatic heterocycles. The average Bonchev–Trinajstić information content (AvgIpc) is 2.69. The molecule has 0 radical (unpaired) electrons. The van der Waals surface area contributed by atoms with Gasteiger partial charge < -0.3 is 15.5 Å². The number of carbonyl (C=O) groups is 2. The van der Waals surface area contributed by atoms with E-state index in [1.807, 2.05) is 0 Å². The van der Waals surface area contributed by atoms with Crippen LogP contribution in [0, 0.1) is 5.82 Å². The Morgan fingerprint density at radius 1 is 0.963 bits per heavy atom. The van der Waals surface area contributed by atoms with Crippen molar-refractivity contribution in [2.45, 2.75) is 0 Å². The highest BCUT2D eigenvalue weighted by molar-refractivity contribution is 5.96. The minimum Gasteiger partial charge on any atom is -0.369 e. The Balaban J connectivity index is 1.46. The lowest BCUT2D eigenvalue weighted by molar-refractivity contribution is -0.117. The standard InChI is InChI=1S/C20H23FN4O2/c1-22-20(27)15-2-6-17(7-3-15)23-19(26)14-24-10-12-25(13-11-24)18-8-4-16(21)5-9-18/h2-9H,10-14H2,1H3,(H,22,27)(H,23,26). The monoisotopic (exact) mass is 370 g/mol. The molecule has 0 aliphatic carbocycles. The Labute approximate surface area is 158 Å². The van der Waals surface area contributed by atoms with Crippen LogP contribution in [0.1, 0.15) is 10.4 Å². The molecule has 0 atom stereocenters. The fraction of sp³-hybridized carbons (Fsp3) is 0.300. The Kier molecular flexibility index (Phi) is 6.03. The summed E-state index contributed by atoms with van der Waals surface area (Å²) < 4.78 is 13.0. The summed E-state index contributed by atoms with van der Waals surface area (Å²) >= 11 is 0. The van der Waals surface area contributed by atoms with Crippen LogP contribution in [0.2, 0.25) is 0 Å². The second kappa shape index (κ2) is 8.64. The highest BCUT2D eigenvalue weighted by Gasteiger charge is 2.19. The van der Waals surface area contributed by atoms with Gasteiger partial charge in [0.05, 0.1) is 6.54 Å². The van der Waals surface area contributed by atoms with Crippen molar-refractivity contribution in [3.05, 3.63) is 59.9 Å². The lowest BCUT2D eigenvalue weighted by Gasteiger charge is -2.35. The normalized spacial score (nSPS) is 14.7. The molecule has 0 bridgehead atoms. The average molecular weight is 370 g/mol. The Morgan fingerprint density at radius 3 is 2.19 bits per heavy atom. The zero-order valence-electron chi connectivity index (χ0n) is 15.2. The van der Waals surface area contributed by atoms with Gasteiger partial charge in [0.2, 0.25) is 5.91 Å². The van der Waals surface area contributed by atoms with Gasteiger partial charge in [-0.25, -0.2) is 4.39 Å². The smallest absolute Gasteiger partial charge is 0.251 e. The Morgan fingerprint density at radius 2 is 1.59 bits per heavy atom. The van der Waals surface area contributed by atoms with Gasteiger partial charge in [-0.15, -0.1) is 0 Å². The summed E-state index contributed by atoms with van der Waals surface area (Å²) in [4.78, 5) is 28.1. The molecule has 142 valence electrons. The number of amides is 2. The van der Waals surface area contributed by atoms with Gasteiger partial charge in [0.15, 0.2) is 0 Å². The fourth-order valence-electron chi connectivity index (χ4n) is 3.07. The lowest BCUT2D eigenvalue weighted by atomic mass is 10.2. The molecule has 0 aromatic heterocycles. The van der Waals surface area contributed by atoms with E-state index in [2.05, 4.69) is 20.4 Å². The Hall–Kier alpha value is -2.93. The topological polar surface area (TPSA) is 64.7 Å². The molecule has 1 saturated heterocycles. The zero-order valence-corrected chi connectivity index (χ0v) is 15.2. The van der Waals surface area contributed by atoms with Gasteiger partial charge in [0, 0.05) is 50.2 Å². The van der Waals surface area contributed by atoms with Crippen LogP contribution in [0.3, 0.4) is 0 Å². The van der Waals surface area contributed by atoms with Crippen molar-refractivity contribution in [3.63, 3.8) is 0 Å². The van der Waals surface area contributed by atoms with Gasteiger partial charge >= 0.3 is 0 Å². The molecule has 1 heterocycles. The maximum Gasteiger partial charge on any atom is 0.251 e. The third-order valence-electron chi connectivity index (χ3n) is 4.59. The van der Waals surface area contributed by atoms with Gasteiger partial charge in [-0.3, -0.25) is 14.5 Å². The second-order valence-electron chi connectivity index (χ2n) is 6.44. The molecule has 6 nitrogen and oxygen atoms in total. The van der Waals surface area contributed by atoms with Crippen LogP contribution in [0.5, 0.6) is 0 Å². The fourth-order valence-corrected chi connectivity index (χ4v) is 3.07. The van der Waals surface area contributed by atoms with E-state index in [9.17, 15) is 14.0 Å². The number of hydrogen-bond donors (Lipinski definition) is 2. The molecule has 2 aromatic carbocycles. The van der Waals surface area contributed by atoms with Crippen molar-refractivity contribution in [1.29, 1.82) is 0 Å². The molecule has 7 heteroatoms. The maximum absolute atomic E-state index is 13.0.